The lowest BCUT2D eigenvalue weighted by Gasteiger charge is -2.09. The monoisotopic (exact) mass is 520 g/mol. The smallest absolute Gasteiger partial charge is 0.385 e. The lowest BCUT2D eigenvalue weighted by Crippen LogP contribution is -2.16. The van der Waals surface area contributed by atoms with Crippen molar-refractivity contribution in [3.05, 3.63) is 41.8 Å². The van der Waals surface area contributed by atoms with Gasteiger partial charge in [0.25, 0.3) is 0 Å². The van der Waals surface area contributed by atoms with Crippen LogP contribution in [0.25, 0.3) is 0 Å². The van der Waals surface area contributed by atoms with Gasteiger partial charge in [-0.3, -0.25) is 0 Å². The van der Waals surface area contributed by atoms with E-state index in [-0.39, 0.29) is 11.7 Å². The first-order chi connectivity index (χ1) is 15.9. The van der Waals surface area contributed by atoms with Crippen molar-refractivity contribution in [1.82, 2.24) is 19.3 Å². The summed E-state index contributed by atoms with van der Waals surface area (Å²) in [6.45, 7) is 2.94. The predicted octanol–water partition coefficient (Wildman–Crippen LogP) is 5.27. The molecule has 4 rings (SSSR count). The minimum Gasteiger partial charge on any atom is -0.385 e. The van der Waals surface area contributed by atoms with Crippen LogP contribution in [0.15, 0.2) is 46.7 Å². The number of rotatable bonds is 7. The molecule has 8 nitrogen and oxygen atoms in total. The van der Waals surface area contributed by atoms with E-state index in [9.17, 15) is 13.2 Å². The van der Waals surface area contributed by atoms with E-state index in [0.29, 0.717) is 21.8 Å². The van der Waals surface area contributed by atoms with Crippen LogP contribution in [0, 0.1) is 0 Å². The van der Waals surface area contributed by atoms with Gasteiger partial charge in [0.1, 0.15) is 17.3 Å². The third-order valence-electron chi connectivity index (χ3n) is 3.82. The van der Waals surface area contributed by atoms with E-state index in [4.69, 9.17) is 21.1 Å². The molecule has 1 saturated heterocycles. The highest BCUT2D eigenvalue weighted by molar-refractivity contribution is 7.99. The van der Waals surface area contributed by atoms with Crippen molar-refractivity contribution in [2.24, 2.45) is 0 Å². The number of alkyl halides is 3. The van der Waals surface area contributed by atoms with E-state index in [0.717, 1.165) is 31.3 Å². The quantitative estimate of drug-likeness (QED) is 0.319. The molecule has 14 heteroatoms. The highest BCUT2D eigenvalue weighted by atomic mass is 35.5. The first-order valence-corrected chi connectivity index (χ1v) is 11.7. The zero-order chi connectivity index (χ0) is 23.5. The Hall–Kier alpha value is -2.19. The topological polar surface area (TPSA) is 94.1 Å². The molecule has 33 heavy (non-hydrogen) atoms. The SMILES string of the molecule is C1COCCO1.FC(F)(F)CCNc1ccc(Sc2nc(Cl)cc(Nc3ncns3)n2)cc1. The molecule has 0 spiro atoms. The van der Waals surface area contributed by atoms with E-state index in [1.54, 1.807) is 30.3 Å². The summed E-state index contributed by atoms with van der Waals surface area (Å²) in [5.41, 5.74) is 0.606. The summed E-state index contributed by atoms with van der Waals surface area (Å²) >= 11 is 8.50. The van der Waals surface area contributed by atoms with Gasteiger partial charge in [-0.05, 0) is 36.0 Å². The van der Waals surface area contributed by atoms with Crippen LogP contribution in [0.2, 0.25) is 5.15 Å². The number of halogens is 4. The third kappa shape index (κ3) is 10.1. The largest absolute Gasteiger partial charge is 0.390 e. The standard InChI is InChI=1S/C15H12ClF3N6S2.C4H8O2/c16-11-7-12(24-13-21-8-22-27-13)25-14(23-11)26-10-3-1-9(2-4-10)20-6-5-15(17,18)19;1-2-6-4-3-5-1/h1-4,7-8,20H,5-6H2,(H,21,22,23,24,25);1-4H2. The molecule has 3 aromatic rings. The Morgan fingerprint density at radius 3 is 2.33 bits per heavy atom. The van der Waals surface area contributed by atoms with E-state index >= 15 is 0 Å². The molecule has 1 aliphatic heterocycles. The van der Waals surface area contributed by atoms with Gasteiger partial charge >= 0.3 is 6.18 Å². The Morgan fingerprint density at radius 1 is 1.06 bits per heavy atom. The molecule has 0 saturated carbocycles. The second kappa shape index (κ2) is 12.9. The highest BCUT2D eigenvalue weighted by Gasteiger charge is 2.26. The first kappa shape index (κ1) is 25.4. The first-order valence-electron chi connectivity index (χ1n) is 9.70. The maximum atomic E-state index is 12.2. The van der Waals surface area contributed by atoms with Crippen LogP contribution in [0.1, 0.15) is 6.42 Å². The fourth-order valence-electron chi connectivity index (χ4n) is 2.38. The van der Waals surface area contributed by atoms with Gasteiger partial charge in [0.2, 0.25) is 5.13 Å². The summed E-state index contributed by atoms with van der Waals surface area (Å²) in [7, 11) is 0. The number of aromatic nitrogens is 4. The number of nitrogens with one attached hydrogen (secondary N) is 2. The van der Waals surface area contributed by atoms with Crippen LogP contribution in [-0.2, 0) is 9.47 Å². The molecule has 0 unspecified atom stereocenters. The van der Waals surface area contributed by atoms with E-state index in [1.807, 2.05) is 0 Å². The van der Waals surface area contributed by atoms with Crippen LogP contribution in [-0.4, -0.2) is 58.5 Å². The highest BCUT2D eigenvalue weighted by Crippen LogP contribution is 2.29. The zero-order valence-corrected chi connectivity index (χ0v) is 19.5. The molecule has 2 N–H and O–H groups in total. The summed E-state index contributed by atoms with van der Waals surface area (Å²) in [4.78, 5) is 13.4. The Kier molecular flexibility index (Phi) is 9.94. The number of benzene rings is 1. The van der Waals surface area contributed by atoms with Gasteiger partial charge in [0.05, 0.1) is 32.8 Å². The Labute approximate surface area is 201 Å². The Bertz CT molecular complexity index is 965. The maximum absolute atomic E-state index is 12.2. The van der Waals surface area contributed by atoms with Crippen LogP contribution in [0.3, 0.4) is 0 Å². The molecule has 1 aliphatic rings. The third-order valence-corrected chi connectivity index (χ3v) is 5.46. The molecule has 178 valence electrons. The van der Waals surface area contributed by atoms with Crippen molar-refractivity contribution in [2.45, 2.75) is 22.6 Å². The molecule has 2 aromatic heterocycles. The van der Waals surface area contributed by atoms with Crippen molar-refractivity contribution < 1.29 is 22.6 Å². The van der Waals surface area contributed by atoms with Crippen LogP contribution in [0.5, 0.6) is 0 Å². The second-order valence-electron chi connectivity index (χ2n) is 6.37. The van der Waals surface area contributed by atoms with Gasteiger partial charge in [0.15, 0.2) is 5.16 Å². The zero-order valence-electron chi connectivity index (χ0n) is 17.1. The Morgan fingerprint density at radius 2 is 1.76 bits per heavy atom. The average molecular weight is 521 g/mol. The van der Waals surface area contributed by atoms with Crippen molar-refractivity contribution in [2.75, 3.05) is 43.6 Å². The van der Waals surface area contributed by atoms with Gasteiger partial charge < -0.3 is 20.1 Å². The number of hydrogen-bond acceptors (Lipinski definition) is 10. The summed E-state index contributed by atoms with van der Waals surface area (Å²) in [6.07, 6.45) is -3.63. The molecule has 0 aliphatic carbocycles. The molecule has 1 fully saturated rings. The molecular weight excluding hydrogens is 501 g/mol. The minimum atomic E-state index is -4.17. The fraction of sp³-hybridized carbons (Fsp3) is 0.368. The minimum absolute atomic E-state index is 0.173. The lowest BCUT2D eigenvalue weighted by molar-refractivity contribution is -0.131. The normalized spacial score (nSPS) is 13.7. The molecular formula is C19H20ClF3N6O2S2. The second-order valence-corrected chi connectivity index (χ2v) is 8.58. The van der Waals surface area contributed by atoms with Gasteiger partial charge in [-0.1, -0.05) is 11.6 Å². The summed E-state index contributed by atoms with van der Waals surface area (Å²) in [5.74, 6) is 0.486. The van der Waals surface area contributed by atoms with Crippen molar-refractivity contribution in [3.63, 3.8) is 0 Å². The molecule has 3 heterocycles. The molecule has 0 atom stereocenters. The van der Waals surface area contributed by atoms with E-state index in [1.165, 1.54) is 29.6 Å². The van der Waals surface area contributed by atoms with Crippen LogP contribution in [0.4, 0.5) is 29.8 Å². The van der Waals surface area contributed by atoms with E-state index < -0.39 is 12.6 Å². The summed E-state index contributed by atoms with van der Waals surface area (Å²) < 4.78 is 50.3. The van der Waals surface area contributed by atoms with Crippen molar-refractivity contribution in [1.29, 1.82) is 0 Å². The maximum Gasteiger partial charge on any atom is 0.390 e. The van der Waals surface area contributed by atoms with Crippen LogP contribution < -0.4 is 10.6 Å². The molecule has 0 radical (unpaired) electrons. The van der Waals surface area contributed by atoms with Crippen molar-refractivity contribution in [3.8, 4) is 0 Å². The molecule has 1 aromatic carbocycles. The number of nitrogens with zero attached hydrogens (tertiary/aromatic N) is 4. The van der Waals surface area contributed by atoms with Gasteiger partial charge in [-0.2, -0.15) is 17.5 Å². The fourth-order valence-corrected chi connectivity index (χ4v) is 3.82. The summed E-state index contributed by atoms with van der Waals surface area (Å²) in [6, 6.07) is 8.50. The average Bonchev–Trinajstić information content (AvgIpc) is 3.28. The van der Waals surface area contributed by atoms with E-state index in [2.05, 4.69) is 30.0 Å². The number of ether oxygens (including phenoxy) is 2. The lowest BCUT2D eigenvalue weighted by atomic mass is 10.3. The van der Waals surface area contributed by atoms with Gasteiger partial charge in [0, 0.05) is 34.7 Å². The van der Waals surface area contributed by atoms with Gasteiger partial charge in [-0.15, -0.1) is 0 Å². The molecule has 0 bridgehead atoms. The number of anilines is 3. The molecule has 0 amide bonds. The Balaban J connectivity index is 0.000000442. The van der Waals surface area contributed by atoms with Crippen LogP contribution >= 0.6 is 34.9 Å². The predicted molar refractivity (Wildman–Crippen MR) is 122 cm³/mol. The van der Waals surface area contributed by atoms with Crippen molar-refractivity contribution >= 4 is 51.5 Å². The summed E-state index contributed by atoms with van der Waals surface area (Å²) in [5, 5.41) is 6.99. The number of hydrogen-bond donors (Lipinski definition) is 2. The van der Waals surface area contributed by atoms with Gasteiger partial charge in [-0.25, -0.2) is 15.0 Å².